The fourth-order valence-corrected chi connectivity index (χ4v) is 4.11. The monoisotopic (exact) mass is 397 g/mol. The van der Waals surface area contributed by atoms with Crippen molar-refractivity contribution in [3.05, 3.63) is 65.2 Å². The standard InChI is InChI=1S/C22H27N3O2S/c1-17-5-3-7-19(13-17)15-28-16-21(26)24-9-11-25(12-10-24)22(27)23-20-8-4-6-18(2)14-20/h3-8,13-14H,9-12,15-16H2,1-2H3,(H,23,27). The van der Waals surface area contributed by atoms with Gasteiger partial charge in [-0.1, -0.05) is 42.0 Å². The van der Waals surface area contributed by atoms with Crippen LogP contribution in [0.5, 0.6) is 0 Å². The minimum absolute atomic E-state index is 0.105. The van der Waals surface area contributed by atoms with E-state index in [-0.39, 0.29) is 11.9 Å². The molecule has 28 heavy (non-hydrogen) atoms. The largest absolute Gasteiger partial charge is 0.338 e. The van der Waals surface area contributed by atoms with Crippen molar-refractivity contribution in [1.29, 1.82) is 0 Å². The molecule has 1 aliphatic heterocycles. The van der Waals surface area contributed by atoms with Crippen LogP contribution in [0.15, 0.2) is 48.5 Å². The predicted molar refractivity (Wildman–Crippen MR) is 116 cm³/mol. The maximum Gasteiger partial charge on any atom is 0.321 e. The summed E-state index contributed by atoms with van der Waals surface area (Å²) in [4.78, 5) is 28.5. The van der Waals surface area contributed by atoms with Crippen molar-refractivity contribution < 1.29 is 9.59 Å². The Balaban J connectivity index is 1.40. The van der Waals surface area contributed by atoms with Gasteiger partial charge in [0.1, 0.15) is 0 Å². The molecule has 0 atom stereocenters. The normalized spacial score (nSPS) is 14.1. The number of rotatable bonds is 5. The molecule has 1 aliphatic rings. The second-order valence-electron chi connectivity index (χ2n) is 7.15. The summed E-state index contributed by atoms with van der Waals surface area (Å²) in [5, 5.41) is 2.93. The number of anilines is 1. The van der Waals surface area contributed by atoms with Gasteiger partial charge in [-0.05, 0) is 37.1 Å². The van der Waals surface area contributed by atoms with E-state index in [4.69, 9.17) is 0 Å². The molecule has 1 N–H and O–H groups in total. The Hall–Kier alpha value is -2.47. The average molecular weight is 398 g/mol. The van der Waals surface area contributed by atoms with E-state index < -0.39 is 0 Å². The first-order valence-corrected chi connectivity index (χ1v) is 10.7. The van der Waals surface area contributed by atoms with Gasteiger partial charge in [0.25, 0.3) is 0 Å². The molecule has 0 aliphatic carbocycles. The lowest BCUT2D eigenvalue weighted by Gasteiger charge is -2.34. The number of nitrogens with one attached hydrogen (secondary N) is 1. The van der Waals surface area contributed by atoms with Gasteiger partial charge in [-0.2, -0.15) is 0 Å². The van der Waals surface area contributed by atoms with Crippen molar-refractivity contribution in [3.8, 4) is 0 Å². The number of nitrogens with zero attached hydrogens (tertiary/aromatic N) is 2. The van der Waals surface area contributed by atoms with Crippen molar-refractivity contribution in [3.63, 3.8) is 0 Å². The zero-order valence-corrected chi connectivity index (χ0v) is 17.3. The van der Waals surface area contributed by atoms with Crippen LogP contribution in [-0.4, -0.2) is 53.7 Å². The number of aryl methyl sites for hydroxylation is 2. The Kier molecular flexibility index (Phi) is 6.98. The van der Waals surface area contributed by atoms with Gasteiger partial charge in [-0.3, -0.25) is 4.79 Å². The average Bonchev–Trinajstić information content (AvgIpc) is 2.68. The predicted octanol–water partition coefficient (Wildman–Crippen LogP) is 3.91. The first kappa shape index (κ1) is 20.3. The lowest BCUT2D eigenvalue weighted by atomic mass is 10.2. The second-order valence-corrected chi connectivity index (χ2v) is 8.13. The molecule has 0 radical (unpaired) electrons. The van der Waals surface area contributed by atoms with E-state index in [1.54, 1.807) is 16.7 Å². The number of carbonyl (C=O) groups is 2. The Morgan fingerprint density at radius 3 is 2.25 bits per heavy atom. The van der Waals surface area contributed by atoms with Crippen LogP contribution in [-0.2, 0) is 10.5 Å². The van der Waals surface area contributed by atoms with Crippen LogP contribution >= 0.6 is 11.8 Å². The summed E-state index contributed by atoms with van der Waals surface area (Å²) >= 11 is 1.64. The third-order valence-corrected chi connectivity index (χ3v) is 5.75. The maximum atomic E-state index is 12.4. The molecule has 0 saturated carbocycles. The van der Waals surface area contributed by atoms with E-state index in [0.717, 1.165) is 17.0 Å². The molecule has 6 heteroatoms. The van der Waals surface area contributed by atoms with E-state index in [2.05, 4.69) is 30.4 Å². The molecule has 3 rings (SSSR count). The molecule has 2 aromatic carbocycles. The van der Waals surface area contributed by atoms with Gasteiger partial charge in [0.15, 0.2) is 0 Å². The summed E-state index contributed by atoms with van der Waals surface area (Å²) in [6.45, 7) is 6.37. The van der Waals surface area contributed by atoms with E-state index in [0.29, 0.717) is 31.9 Å². The zero-order chi connectivity index (χ0) is 19.9. The Morgan fingerprint density at radius 1 is 0.929 bits per heavy atom. The molecule has 0 bridgehead atoms. The summed E-state index contributed by atoms with van der Waals surface area (Å²) in [6, 6.07) is 16.0. The van der Waals surface area contributed by atoms with Crippen LogP contribution in [0.3, 0.4) is 0 Å². The van der Waals surface area contributed by atoms with Gasteiger partial charge in [0.05, 0.1) is 5.75 Å². The molecule has 148 valence electrons. The van der Waals surface area contributed by atoms with Gasteiger partial charge in [-0.15, -0.1) is 11.8 Å². The molecule has 3 amide bonds. The number of benzene rings is 2. The third-order valence-electron chi connectivity index (χ3n) is 4.77. The highest BCUT2D eigenvalue weighted by Crippen LogP contribution is 2.15. The molecular weight excluding hydrogens is 370 g/mol. The second kappa shape index (κ2) is 9.64. The molecule has 2 aromatic rings. The zero-order valence-electron chi connectivity index (χ0n) is 16.5. The fraction of sp³-hybridized carbons (Fsp3) is 0.364. The maximum absolute atomic E-state index is 12.4. The van der Waals surface area contributed by atoms with Crippen LogP contribution in [0, 0.1) is 13.8 Å². The Labute approximate surface area is 171 Å². The van der Waals surface area contributed by atoms with Crippen LogP contribution in [0.2, 0.25) is 0 Å². The van der Waals surface area contributed by atoms with Crippen LogP contribution in [0.4, 0.5) is 10.5 Å². The number of urea groups is 1. The number of carbonyl (C=O) groups excluding carboxylic acids is 2. The van der Waals surface area contributed by atoms with Crippen molar-refractivity contribution >= 4 is 29.4 Å². The quantitative estimate of drug-likeness (QED) is 0.832. The molecule has 1 heterocycles. The van der Waals surface area contributed by atoms with E-state index in [1.165, 1.54) is 11.1 Å². The minimum atomic E-state index is -0.105. The summed E-state index contributed by atoms with van der Waals surface area (Å²) in [5.74, 6) is 1.46. The molecule has 0 aromatic heterocycles. The topological polar surface area (TPSA) is 52.7 Å². The number of piperazine rings is 1. The summed E-state index contributed by atoms with van der Waals surface area (Å²) in [5.41, 5.74) is 4.40. The third kappa shape index (κ3) is 5.76. The van der Waals surface area contributed by atoms with Gasteiger partial charge in [0, 0.05) is 37.6 Å². The van der Waals surface area contributed by atoms with E-state index in [9.17, 15) is 9.59 Å². The number of thioether (sulfide) groups is 1. The molecule has 5 nitrogen and oxygen atoms in total. The van der Waals surface area contributed by atoms with Crippen LogP contribution in [0.1, 0.15) is 16.7 Å². The first-order valence-electron chi connectivity index (χ1n) is 9.55. The van der Waals surface area contributed by atoms with Crippen molar-refractivity contribution in [2.24, 2.45) is 0 Å². The van der Waals surface area contributed by atoms with Gasteiger partial charge in [0.2, 0.25) is 5.91 Å². The lowest BCUT2D eigenvalue weighted by molar-refractivity contribution is -0.129. The highest BCUT2D eigenvalue weighted by Gasteiger charge is 2.24. The molecule has 0 spiro atoms. The number of amides is 3. The Morgan fingerprint density at radius 2 is 1.57 bits per heavy atom. The molecule has 1 fully saturated rings. The molecule has 1 saturated heterocycles. The summed E-state index contributed by atoms with van der Waals surface area (Å²) < 4.78 is 0. The highest BCUT2D eigenvalue weighted by atomic mass is 32.2. The van der Waals surface area contributed by atoms with Gasteiger partial charge < -0.3 is 15.1 Å². The van der Waals surface area contributed by atoms with Crippen LogP contribution in [0.25, 0.3) is 0 Å². The van der Waals surface area contributed by atoms with Gasteiger partial charge >= 0.3 is 6.03 Å². The van der Waals surface area contributed by atoms with E-state index >= 15 is 0 Å². The van der Waals surface area contributed by atoms with Crippen molar-refractivity contribution in [2.75, 3.05) is 37.2 Å². The SMILES string of the molecule is Cc1cccc(CSCC(=O)N2CCN(C(=O)Nc3cccc(C)c3)CC2)c1. The van der Waals surface area contributed by atoms with Crippen molar-refractivity contribution in [2.45, 2.75) is 19.6 Å². The first-order chi connectivity index (χ1) is 13.5. The number of hydrogen-bond donors (Lipinski definition) is 1. The highest BCUT2D eigenvalue weighted by molar-refractivity contribution is 7.99. The van der Waals surface area contributed by atoms with Gasteiger partial charge in [-0.25, -0.2) is 4.79 Å². The molecular formula is C22H27N3O2S. The van der Waals surface area contributed by atoms with Crippen LogP contribution < -0.4 is 5.32 Å². The summed E-state index contributed by atoms with van der Waals surface area (Å²) in [7, 11) is 0. The number of hydrogen-bond acceptors (Lipinski definition) is 3. The molecule has 0 unspecified atom stereocenters. The Bertz CT molecular complexity index is 832. The minimum Gasteiger partial charge on any atom is -0.338 e. The lowest BCUT2D eigenvalue weighted by Crippen LogP contribution is -2.52. The smallest absolute Gasteiger partial charge is 0.321 e. The van der Waals surface area contributed by atoms with E-state index in [1.807, 2.05) is 42.2 Å². The fourth-order valence-electron chi connectivity index (χ4n) is 3.23. The summed E-state index contributed by atoms with van der Waals surface area (Å²) in [6.07, 6.45) is 0. The van der Waals surface area contributed by atoms with Crippen molar-refractivity contribution in [1.82, 2.24) is 9.80 Å².